The third kappa shape index (κ3) is 3.44. The molecule has 4 rings (SSSR count). The van der Waals surface area contributed by atoms with Crippen LogP contribution in [0.15, 0.2) is 79.0 Å². The van der Waals surface area contributed by atoms with E-state index >= 15 is 0 Å². The van der Waals surface area contributed by atoms with Gasteiger partial charge in [0.25, 0.3) is 5.91 Å². The van der Waals surface area contributed by atoms with Crippen LogP contribution in [0, 0.1) is 0 Å². The van der Waals surface area contributed by atoms with Crippen LogP contribution in [-0.4, -0.2) is 16.8 Å². The van der Waals surface area contributed by atoms with Crippen molar-refractivity contribution in [1.29, 1.82) is 0 Å². The van der Waals surface area contributed by atoms with E-state index in [1.54, 1.807) is 23.2 Å². The molecule has 3 aromatic rings. The fraction of sp³-hybridized carbons (Fsp3) is 0.136. The van der Waals surface area contributed by atoms with Gasteiger partial charge in [-0.05, 0) is 29.8 Å². The summed E-state index contributed by atoms with van der Waals surface area (Å²) in [6.07, 6.45) is 1.83. The number of benzene rings is 2. The number of fused-ring (bicyclic) bond motifs is 1. The van der Waals surface area contributed by atoms with E-state index in [1.165, 1.54) is 0 Å². The van der Waals surface area contributed by atoms with Crippen LogP contribution in [0.2, 0.25) is 0 Å². The lowest BCUT2D eigenvalue weighted by atomic mass is 10.1. The lowest BCUT2D eigenvalue weighted by Gasteiger charge is -2.24. The van der Waals surface area contributed by atoms with E-state index < -0.39 is 6.04 Å². The summed E-state index contributed by atoms with van der Waals surface area (Å²) < 4.78 is 0. The molecule has 1 unspecified atom stereocenters. The van der Waals surface area contributed by atoms with Gasteiger partial charge in [-0.15, -0.1) is 0 Å². The highest BCUT2D eigenvalue weighted by atomic mass is 16.2. The highest BCUT2D eigenvalue weighted by Crippen LogP contribution is 2.38. The number of anilines is 1. The molecule has 1 N–H and O–H groups in total. The third-order valence-electron chi connectivity index (χ3n) is 4.66. The standard InChI is InChI=1S/C22H19N3O2/c26-20(24-15-16-8-3-1-4-9-16)14-19-21-18(12-7-13-23-21)22(27)25(19)17-10-5-2-6-11-17/h1-13,19H,14-15H2,(H,24,26). The van der Waals surface area contributed by atoms with E-state index in [0.717, 1.165) is 11.3 Å². The van der Waals surface area contributed by atoms with Crippen molar-refractivity contribution in [3.63, 3.8) is 0 Å². The van der Waals surface area contributed by atoms with Crippen LogP contribution in [0.1, 0.15) is 34.1 Å². The predicted molar refractivity (Wildman–Crippen MR) is 103 cm³/mol. The fourth-order valence-electron chi connectivity index (χ4n) is 3.38. The molecule has 134 valence electrons. The van der Waals surface area contributed by atoms with Crippen molar-refractivity contribution in [1.82, 2.24) is 10.3 Å². The largest absolute Gasteiger partial charge is 0.352 e. The van der Waals surface area contributed by atoms with Crippen LogP contribution in [0.3, 0.4) is 0 Å². The molecule has 2 heterocycles. The van der Waals surface area contributed by atoms with Crippen molar-refractivity contribution >= 4 is 17.5 Å². The van der Waals surface area contributed by atoms with Crippen molar-refractivity contribution in [2.75, 3.05) is 4.90 Å². The highest BCUT2D eigenvalue weighted by molar-refractivity contribution is 6.11. The molecule has 5 heteroatoms. The van der Waals surface area contributed by atoms with Crippen LogP contribution < -0.4 is 10.2 Å². The van der Waals surface area contributed by atoms with Gasteiger partial charge in [-0.1, -0.05) is 48.5 Å². The number of nitrogens with one attached hydrogen (secondary N) is 1. The second-order valence-electron chi connectivity index (χ2n) is 6.43. The average molecular weight is 357 g/mol. The fourth-order valence-corrected chi connectivity index (χ4v) is 3.38. The molecule has 0 bridgehead atoms. The van der Waals surface area contributed by atoms with Crippen molar-refractivity contribution in [3.8, 4) is 0 Å². The Bertz CT molecular complexity index is 958. The van der Waals surface area contributed by atoms with Gasteiger partial charge in [0.2, 0.25) is 5.91 Å². The van der Waals surface area contributed by atoms with E-state index in [-0.39, 0.29) is 18.2 Å². The first-order valence-corrected chi connectivity index (χ1v) is 8.88. The van der Waals surface area contributed by atoms with Gasteiger partial charge in [-0.2, -0.15) is 0 Å². The Kier molecular flexibility index (Phi) is 4.66. The Balaban J connectivity index is 1.56. The lowest BCUT2D eigenvalue weighted by Crippen LogP contribution is -2.32. The van der Waals surface area contributed by atoms with Crippen LogP contribution >= 0.6 is 0 Å². The minimum atomic E-state index is -0.410. The number of hydrogen-bond acceptors (Lipinski definition) is 3. The molecule has 0 fully saturated rings. The van der Waals surface area contributed by atoms with E-state index in [4.69, 9.17) is 0 Å². The summed E-state index contributed by atoms with van der Waals surface area (Å²) in [6.45, 7) is 0.459. The number of aromatic nitrogens is 1. The predicted octanol–water partition coefficient (Wildman–Crippen LogP) is 3.49. The van der Waals surface area contributed by atoms with Gasteiger partial charge in [0.05, 0.1) is 23.7 Å². The summed E-state index contributed by atoms with van der Waals surface area (Å²) in [5.74, 6) is -0.235. The molecule has 0 aliphatic carbocycles. The molecule has 1 atom stereocenters. The van der Waals surface area contributed by atoms with Crippen LogP contribution in [0.4, 0.5) is 5.69 Å². The molecular formula is C22H19N3O2. The number of hydrogen-bond donors (Lipinski definition) is 1. The van der Waals surface area contributed by atoms with Crippen molar-refractivity contribution in [3.05, 3.63) is 95.8 Å². The molecule has 0 saturated carbocycles. The van der Waals surface area contributed by atoms with Gasteiger partial charge in [0, 0.05) is 18.4 Å². The van der Waals surface area contributed by atoms with Crippen molar-refractivity contribution in [2.45, 2.75) is 19.0 Å². The molecule has 2 aromatic carbocycles. The molecule has 1 aliphatic heterocycles. The first-order valence-electron chi connectivity index (χ1n) is 8.88. The highest BCUT2D eigenvalue weighted by Gasteiger charge is 2.39. The summed E-state index contributed by atoms with van der Waals surface area (Å²) in [7, 11) is 0. The van der Waals surface area contributed by atoms with E-state index in [9.17, 15) is 9.59 Å². The topological polar surface area (TPSA) is 62.3 Å². The van der Waals surface area contributed by atoms with Crippen molar-refractivity contribution in [2.24, 2.45) is 0 Å². The van der Waals surface area contributed by atoms with Gasteiger partial charge >= 0.3 is 0 Å². The summed E-state index contributed by atoms with van der Waals surface area (Å²) >= 11 is 0. The number of carbonyl (C=O) groups excluding carboxylic acids is 2. The maximum atomic E-state index is 12.9. The zero-order valence-corrected chi connectivity index (χ0v) is 14.7. The van der Waals surface area contributed by atoms with E-state index in [2.05, 4.69) is 10.3 Å². The van der Waals surface area contributed by atoms with E-state index in [1.807, 2.05) is 60.7 Å². The van der Waals surface area contributed by atoms with Gasteiger partial charge < -0.3 is 5.32 Å². The first-order chi connectivity index (χ1) is 13.2. The lowest BCUT2D eigenvalue weighted by molar-refractivity contribution is -0.121. The van der Waals surface area contributed by atoms with Crippen LogP contribution in [0.25, 0.3) is 0 Å². The molecule has 0 spiro atoms. The van der Waals surface area contributed by atoms with Gasteiger partial charge in [-0.25, -0.2) is 0 Å². The molecule has 1 aliphatic rings. The molecule has 0 saturated heterocycles. The summed E-state index contributed by atoms with van der Waals surface area (Å²) in [5.41, 5.74) is 3.01. The Labute approximate surface area is 157 Å². The molecule has 2 amide bonds. The first kappa shape index (κ1) is 17.0. The average Bonchev–Trinajstić information content (AvgIpc) is 3.00. The molecule has 1 aromatic heterocycles. The number of carbonyl (C=O) groups is 2. The SMILES string of the molecule is O=C(CC1c2ncccc2C(=O)N1c1ccccc1)NCc1ccccc1. The summed E-state index contributed by atoms with van der Waals surface area (Å²) in [5, 5.41) is 2.94. The Hall–Kier alpha value is -3.47. The molecule has 5 nitrogen and oxygen atoms in total. The van der Waals surface area contributed by atoms with Crippen LogP contribution in [0.5, 0.6) is 0 Å². The molecule has 0 radical (unpaired) electrons. The Morgan fingerprint density at radius 2 is 1.67 bits per heavy atom. The second kappa shape index (κ2) is 7.41. The van der Waals surface area contributed by atoms with Gasteiger partial charge in [0.1, 0.15) is 0 Å². The summed E-state index contributed by atoms with van der Waals surface area (Å²) in [6, 6.07) is 22.3. The number of nitrogens with zero attached hydrogens (tertiary/aromatic N) is 2. The van der Waals surface area contributed by atoms with E-state index in [0.29, 0.717) is 17.8 Å². The third-order valence-corrected chi connectivity index (χ3v) is 4.66. The maximum Gasteiger partial charge on any atom is 0.260 e. The zero-order chi connectivity index (χ0) is 18.6. The number of rotatable bonds is 5. The maximum absolute atomic E-state index is 12.9. The quantitative estimate of drug-likeness (QED) is 0.760. The van der Waals surface area contributed by atoms with Crippen molar-refractivity contribution < 1.29 is 9.59 Å². The zero-order valence-electron chi connectivity index (χ0n) is 14.7. The van der Waals surface area contributed by atoms with Gasteiger partial charge in [-0.3, -0.25) is 19.5 Å². The Morgan fingerprint density at radius 3 is 2.41 bits per heavy atom. The number of amides is 2. The number of pyridine rings is 1. The monoisotopic (exact) mass is 357 g/mol. The number of para-hydroxylation sites is 1. The molecule has 27 heavy (non-hydrogen) atoms. The summed E-state index contributed by atoms with van der Waals surface area (Å²) in [4.78, 5) is 31.6. The normalized spacial score (nSPS) is 15.5. The second-order valence-corrected chi connectivity index (χ2v) is 6.43. The van der Waals surface area contributed by atoms with Crippen LogP contribution in [-0.2, 0) is 11.3 Å². The smallest absolute Gasteiger partial charge is 0.260 e. The van der Waals surface area contributed by atoms with Gasteiger partial charge in [0.15, 0.2) is 0 Å². The minimum Gasteiger partial charge on any atom is -0.352 e. The molecular weight excluding hydrogens is 338 g/mol. The Morgan fingerprint density at radius 1 is 0.963 bits per heavy atom. The minimum absolute atomic E-state index is 0.115.